The van der Waals surface area contributed by atoms with E-state index < -0.39 is 0 Å². The van der Waals surface area contributed by atoms with Gasteiger partial charge < -0.3 is 14.7 Å². The highest BCUT2D eigenvalue weighted by molar-refractivity contribution is 5.81. The molecule has 2 saturated heterocycles. The Morgan fingerprint density at radius 3 is 2.63 bits per heavy atom. The van der Waals surface area contributed by atoms with Gasteiger partial charge in [0.05, 0.1) is 6.10 Å². The Labute approximate surface area is 115 Å². The van der Waals surface area contributed by atoms with Crippen LogP contribution in [0.3, 0.4) is 0 Å². The van der Waals surface area contributed by atoms with Crippen molar-refractivity contribution < 1.29 is 14.6 Å². The Balaban J connectivity index is 1.68. The standard InChI is InChI=1S/C15H25NO3/c17-13-7-2-1-5-11(13)12-6-3-9-16(12)15(18)14-8-4-10-19-14/h11-14,17H,1-10H2. The molecule has 1 N–H and O–H groups in total. The number of ether oxygens (including phenoxy) is 1. The average molecular weight is 267 g/mol. The maximum absolute atomic E-state index is 12.5. The lowest BCUT2D eigenvalue weighted by atomic mass is 9.80. The van der Waals surface area contributed by atoms with Gasteiger partial charge in [0, 0.05) is 25.1 Å². The number of aliphatic hydroxyl groups excluding tert-OH is 1. The molecular weight excluding hydrogens is 242 g/mol. The predicted molar refractivity (Wildman–Crippen MR) is 71.7 cm³/mol. The van der Waals surface area contributed by atoms with Crippen molar-refractivity contribution in [3.05, 3.63) is 0 Å². The number of hydrogen-bond donors (Lipinski definition) is 1. The molecule has 2 aliphatic heterocycles. The van der Waals surface area contributed by atoms with E-state index in [1.165, 1.54) is 6.42 Å². The molecule has 0 radical (unpaired) electrons. The third kappa shape index (κ3) is 2.65. The molecule has 19 heavy (non-hydrogen) atoms. The second kappa shape index (κ2) is 5.80. The van der Waals surface area contributed by atoms with E-state index in [1.807, 2.05) is 4.90 Å². The van der Waals surface area contributed by atoms with E-state index in [4.69, 9.17) is 4.74 Å². The molecule has 4 unspecified atom stereocenters. The molecular formula is C15H25NO3. The van der Waals surface area contributed by atoms with Crippen LogP contribution < -0.4 is 0 Å². The summed E-state index contributed by atoms with van der Waals surface area (Å²) in [7, 11) is 0. The van der Waals surface area contributed by atoms with Crippen LogP contribution in [-0.4, -0.2) is 47.3 Å². The summed E-state index contributed by atoms with van der Waals surface area (Å²) in [6, 6.07) is 0.256. The minimum Gasteiger partial charge on any atom is -0.393 e. The Hall–Kier alpha value is -0.610. The van der Waals surface area contributed by atoms with Crippen molar-refractivity contribution in [2.75, 3.05) is 13.2 Å². The molecule has 1 aliphatic carbocycles. The highest BCUT2D eigenvalue weighted by Crippen LogP contribution is 2.35. The van der Waals surface area contributed by atoms with Gasteiger partial charge in [-0.3, -0.25) is 4.79 Å². The quantitative estimate of drug-likeness (QED) is 0.828. The van der Waals surface area contributed by atoms with Crippen LogP contribution in [0.2, 0.25) is 0 Å². The summed E-state index contributed by atoms with van der Waals surface area (Å²) >= 11 is 0. The van der Waals surface area contributed by atoms with Crippen LogP contribution in [0.5, 0.6) is 0 Å². The van der Waals surface area contributed by atoms with Crippen LogP contribution >= 0.6 is 0 Å². The second-order valence-corrected chi connectivity index (χ2v) is 6.26. The normalized spacial score (nSPS) is 39.7. The van der Waals surface area contributed by atoms with Crippen molar-refractivity contribution in [3.63, 3.8) is 0 Å². The number of hydrogen-bond acceptors (Lipinski definition) is 3. The highest BCUT2D eigenvalue weighted by Gasteiger charge is 2.41. The Morgan fingerprint density at radius 2 is 1.89 bits per heavy atom. The first kappa shape index (κ1) is 13.4. The molecule has 4 nitrogen and oxygen atoms in total. The van der Waals surface area contributed by atoms with Crippen molar-refractivity contribution in [1.29, 1.82) is 0 Å². The molecule has 1 saturated carbocycles. The maximum Gasteiger partial charge on any atom is 0.251 e. The van der Waals surface area contributed by atoms with Gasteiger partial charge in [0.2, 0.25) is 0 Å². The third-order valence-corrected chi connectivity index (χ3v) is 5.06. The van der Waals surface area contributed by atoms with Gasteiger partial charge in [0.25, 0.3) is 5.91 Å². The fourth-order valence-electron chi connectivity index (χ4n) is 4.06. The molecule has 4 atom stereocenters. The molecule has 0 aromatic heterocycles. The van der Waals surface area contributed by atoms with Gasteiger partial charge >= 0.3 is 0 Å². The van der Waals surface area contributed by atoms with Crippen LogP contribution in [0, 0.1) is 5.92 Å². The summed E-state index contributed by atoms with van der Waals surface area (Å²) in [5.74, 6) is 0.472. The van der Waals surface area contributed by atoms with Crippen molar-refractivity contribution in [2.24, 2.45) is 5.92 Å². The molecule has 2 heterocycles. The summed E-state index contributed by atoms with van der Waals surface area (Å²) in [4.78, 5) is 14.5. The zero-order valence-electron chi connectivity index (χ0n) is 11.6. The number of carbonyl (C=O) groups is 1. The Morgan fingerprint density at radius 1 is 1.05 bits per heavy atom. The van der Waals surface area contributed by atoms with Crippen LogP contribution in [-0.2, 0) is 9.53 Å². The molecule has 3 fully saturated rings. The third-order valence-electron chi connectivity index (χ3n) is 5.06. The van der Waals surface area contributed by atoms with Gasteiger partial charge in [-0.1, -0.05) is 12.8 Å². The van der Waals surface area contributed by atoms with Crippen LogP contribution in [0.1, 0.15) is 51.4 Å². The number of nitrogens with zero attached hydrogens (tertiary/aromatic N) is 1. The number of likely N-dealkylation sites (tertiary alicyclic amines) is 1. The van der Waals surface area contributed by atoms with Crippen LogP contribution in [0.15, 0.2) is 0 Å². The zero-order chi connectivity index (χ0) is 13.2. The lowest BCUT2D eigenvalue weighted by molar-refractivity contribution is -0.144. The van der Waals surface area contributed by atoms with Gasteiger partial charge in [-0.05, 0) is 38.5 Å². The minimum absolute atomic E-state index is 0.178. The first-order valence-corrected chi connectivity index (χ1v) is 7.87. The van der Waals surface area contributed by atoms with Gasteiger partial charge in [-0.25, -0.2) is 0 Å². The summed E-state index contributed by atoms with van der Waals surface area (Å²) in [6.45, 7) is 1.58. The van der Waals surface area contributed by atoms with Crippen molar-refractivity contribution in [3.8, 4) is 0 Å². The van der Waals surface area contributed by atoms with Gasteiger partial charge in [0.15, 0.2) is 0 Å². The smallest absolute Gasteiger partial charge is 0.251 e. The summed E-state index contributed by atoms with van der Waals surface area (Å²) in [5.41, 5.74) is 0. The summed E-state index contributed by atoms with van der Waals surface area (Å²) in [6.07, 6.45) is 7.88. The topological polar surface area (TPSA) is 49.8 Å². The molecule has 0 aromatic rings. The Kier molecular flexibility index (Phi) is 4.08. The summed E-state index contributed by atoms with van der Waals surface area (Å²) in [5, 5.41) is 10.2. The van der Waals surface area contributed by atoms with E-state index in [-0.39, 0.29) is 24.2 Å². The first-order chi connectivity index (χ1) is 9.27. The predicted octanol–water partition coefficient (Wildman–Crippen LogP) is 1.71. The van der Waals surface area contributed by atoms with Crippen LogP contribution in [0.4, 0.5) is 0 Å². The first-order valence-electron chi connectivity index (χ1n) is 7.87. The van der Waals surface area contributed by atoms with Crippen LogP contribution in [0.25, 0.3) is 0 Å². The molecule has 0 aromatic carbocycles. The maximum atomic E-state index is 12.5. The number of carbonyl (C=O) groups excluding carboxylic acids is 1. The van der Waals surface area contributed by atoms with Gasteiger partial charge in [-0.15, -0.1) is 0 Å². The van der Waals surface area contributed by atoms with Crippen molar-refractivity contribution in [2.45, 2.75) is 69.6 Å². The Bertz CT molecular complexity index is 327. The highest BCUT2D eigenvalue weighted by atomic mass is 16.5. The minimum atomic E-state index is -0.211. The molecule has 108 valence electrons. The fraction of sp³-hybridized carbons (Fsp3) is 0.933. The lowest BCUT2D eigenvalue weighted by Gasteiger charge is -2.37. The van der Waals surface area contributed by atoms with Gasteiger partial charge in [-0.2, -0.15) is 0 Å². The van der Waals surface area contributed by atoms with E-state index in [0.717, 1.165) is 58.1 Å². The van der Waals surface area contributed by atoms with E-state index in [0.29, 0.717) is 5.92 Å². The van der Waals surface area contributed by atoms with Crippen molar-refractivity contribution >= 4 is 5.91 Å². The largest absolute Gasteiger partial charge is 0.393 e. The monoisotopic (exact) mass is 267 g/mol. The van der Waals surface area contributed by atoms with E-state index in [1.54, 1.807) is 0 Å². The molecule has 3 aliphatic rings. The molecule has 3 rings (SSSR count). The van der Waals surface area contributed by atoms with E-state index >= 15 is 0 Å². The molecule has 0 spiro atoms. The number of rotatable bonds is 2. The average Bonchev–Trinajstić information content (AvgIpc) is 3.10. The lowest BCUT2D eigenvalue weighted by Crippen LogP contribution is -2.48. The SMILES string of the molecule is O=C(C1CCCO1)N1CCCC1C1CCCCC1O. The second-order valence-electron chi connectivity index (χ2n) is 6.26. The zero-order valence-corrected chi connectivity index (χ0v) is 11.6. The number of aliphatic hydroxyl groups is 1. The molecule has 1 amide bonds. The molecule has 0 bridgehead atoms. The molecule has 4 heteroatoms. The number of amides is 1. The van der Waals surface area contributed by atoms with Gasteiger partial charge in [0.1, 0.15) is 6.10 Å². The van der Waals surface area contributed by atoms with Crippen molar-refractivity contribution in [1.82, 2.24) is 4.90 Å². The van der Waals surface area contributed by atoms with E-state index in [9.17, 15) is 9.90 Å². The van der Waals surface area contributed by atoms with E-state index in [2.05, 4.69) is 0 Å². The summed E-state index contributed by atoms with van der Waals surface area (Å²) < 4.78 is 5.54. The fourth-order valence-corrected chi connectivity index (χ4v) is 4.06.